The molecule has 2 aromatic carbocycles. The Bertz CT molecular complexity index is 1200. The molecule has 2 N–H and O–H groups in total. The van der Waals surface area contributed by atoms with Crippen molar-refractivity contribution in [2.24, 2.45) is 0 Å². The molecule has 5 nitrogen and oxygen atoms in total. The van der Waals surface area contributed by atoms with Crippen molar-refractivity contribution < 1.29 is 9.53 Å². The molecule has 2 bridgehead atoms. The Labute approximate surface area is 209 Å². The lowest BCUT2D eigenvalue weighted by Gasteiger charge is -2.40. The number of ether oxygens (including phenoxy) is 1. The summed E-state index contributed by atoms with van der Waals surface area (Å²) in [6.45, 7) is 0. The number of rotatable bonds is 6. The molecule has 2 aliphatic rings. The Kier molecular flexibility index (Phi) is 6.57. The first kappa shape index (κ1) is 22.9. The summed E-state index contributed by atoms with van der Waals surface area (Å²) < 4.78 is 5.38. The van der Waals surface area contributed by atoms with Gasteiger partial charge in [-0.1, -0.05) is 47.5 Å². The van der Waals surface area contributed by atoms with Gasteiger partial charge in [0.05, 0.1) is 17.2 Å². The second-order valence-corrected chi connectivity index (χ2v) is 9.76. The van der Waals surface area contributed by atoms with E-state index in [1.165, 1.54) is 25.6 Å². The molecule has 0 spiro atoms. The summed E-state index contributed by atoms with van der Waals surface area (Å²) in [5, 5.41) is 5.19. The van der Waals surface area contributed by atoms with Crippen LogP contribution in [0.5, 0.6) is 0 Å². The fourth-order valence-corrected chi connectivity index (χ4v) is 5.62. The summed E-state index contributed by atoms with van der Waals surface area (Å²) in [5.74, 6) is 0.108. The van der Waals surface area contributed by atoms with E-state index >= 15 is 0 Å². The Balaban J connectivity index is 1.23. The first-order valence-electron chi connectivity index (χ1n) is 11.6. The number of aromatic nitrogens is 1. The number of benzene rings is 2. The van der Waals surface area contributed by atoms with Crippen LogP contribution >= 0.6 is 23.2 Å². The molecule has 176 valence electrons. The van der Waals surface area contributed by atoms with Crippen LogP contribution in [0.2, 0.25) is 10.0 Å². The van der Waals surface area contributed by atoms with Crippen LogP contribution in [0, 0.1) is 0 Å². The number of aromatic amines is 1. The summed E-state index contributed by atoms with van der Waals surface area (Å²) in [7, 11) is 1.52. The van der Waals surface area contributed by atoms with E-state index in [-0.39, 0.29) is 17.7 Å². The predicted octanol–water partition coefficient (Wildman–Crippen LogP) is 6.33. The summed E-state index contributed by atoms with van der Waals surface area (Å²) in [4.78, 5) is 18.7. The number of methoxy groups -OCH3 is 1. The van der Waals surface area contributed by atoms with Gasteiger partial charge in [-0.05, 0) is 68.2 Å². The summed E-state index contributed by atoms with van der Waals surface area (Å²) in [5.41, 5.74) is 3.06. The number of para-hydroxylation sites is 1. The van der Waals surface area contributed by atoms with Gasteiger partial charge < -0.3 is 19.9 Å². The first-order valence-corrected chi connectivity index (χ1v) is 12.3. The zero-order valence-electron chi connectivity index (χ0n) is 18.9. The van der Waals surface area contributed by atoms with Crippen molar-refractivity contribution in [2.45, 2.75) is 43.8 Å². The van der Waals surface area contributed by atoms with E-state index in [2.05, 4.69) is 45.5 Å². The Morgan fingerprint density at radius 3 is 2.50 bits per heavy atom. The average molecular weight is 496 g/mol. The van der Waals surface area contributed by atoms with Gasteiger partial charge >= 0.3 is 0 Å². The van der Waals surface area contributed by atoms with Gasteiger partial charge in [0.25, 0.3) is 5.91 Å². The van der Waals surface area contributed by atoms with Crippen molar-refractivity contribution in [3.05, 3.63) is 82.2 Å². The molecule has 2 atom stereocenters. The van der Waals surface area contributed by atoms with Gasteiger partial charge in [0.1, 0.15) is 0 Å². The van der Waals surface area contributed by atoms with E-state index in [0.717, 1.165) is 29.4 Å². The highest BCUT2D eigenvalue weighted by Gasteiger charge is 2.41. The Morgan fingerprint density at radius 1 is 1.09 bits per heavy atom. The van der Waals surface area contributed by atoms with Crippen molar-refractivity contribution in [3.8, 4) is 0 Å². The molecule has 3 heterocycles. The van der Waals surface area contributed by atoms with Gasteiger partial charge in [0.15, 0.2) is 5.76 Å². The molecule has 0 radical (unpaired) electrons. The highest BCUT2D eigenvalue weighted by Crippen LogP contribution is 2.39. The number of hydrogen-bond acceptors (Lipinski definition) is 3. The normalized spacial score (nSPS) is 22.5. The molecule has 1 amide bonds. The number of amides is 1. The Hall–Kier alpha value is -2.89. The van der Waals surface area contributed by atoms with E-state index in [9.17, 15) is 4.79 Å². The highest BCUT2D eigenvalue weighted by molar-refractivity contribution is 6.42. The zero-order valence-corrected chi connectivity index (χ0v) is 20.4. The van der Waals surface area contributed by atoms with Gasteiger partial charge in [0, 0.05) is 40.4 Å². The van der Waals surface area contributed by atoms with Gasteiger partial charge in [-0.2, -0.15) is 0 Å². The number of carbonyl (C=O) groups is 1. The van der Waals surface area contributed by atoms with Crippen LogP contribution in [-0.4, -0.2) is 36.1 Å². The first-order chi connectivity index (χ1) is 16.5. The predicted molar refractivity (Wildman–Crippen MR) is 139 cm³/mol. The number of nitrogens with zero attached hydrogens (tertiary/aromatic N) is 1. The minimum atomic E-state index is -0.181. The second-order valence-electron chi connectivity index (χ2n) is 8.94. The van der Waals surface area contributed by atoms with E-state index in [1.54, 1.807) is 18.2 Å². The molecule has 2 fully saturated rings. The molecule has 2 saturated heterocycles. The number of halogens is 2. The smallest absolute Gasteiger partial charge is 0.286 e. The number of nitrogens with one attached hydrogen (secondary N) is 2. The molecule has 3 aromatic rings. The molecule has 2 unspecified atom stereocenters. The number of fused-ring (bicyclic) bond motifs is 3. The average Bonchev–Trinajstić information content (AvgIpc) is 3.34. The largest absolute Gasteiger partial charge is 0.491 e. The number of allylic oxidation sites excluding steroid dienone is 2. The van der Waals surface area contributed by atoms with Gasteiger partial charge in [-0.3, -0.25) is 4.79 Å². The fraction of sp³-hybridized carbons (Fsp3) is 0.296. The molecular weight excluding hydrogens is 469 g/mol. The van der Waals surface area contributed by atoms with Crippen LogP contribution in [0.4, 0.5) is 5.69 Å². The van der Waals surface area contributed by atoms with Crippen LogP contribution in [0.15, 0.2) is 66.4 Å². The third-order valence-corrected chi connectivity index (χ3v) is 7.49. The SMILES string of the molecule is COC(=CC=Cc1cc2cc(Cl)c(Cl)cc2[nH]1)C(=O)NC1CC2CCC(C1)N2c1ccccc1. The minimum absolute atomic E-state index is 0.149. The molecular formula is C27H27Cl2N3O2. The van der Waals surface area contributed by atoms with E-state index in [1.807, 2.05) is 18.2 Å². The molecule has 0 saturated carbocycles. The summed E-state index contributed by atoms with van der Waals surface area (Å²) in [6.07, 6.45) is 9.61. The number of carbonyl (C=O) groups excluding carboxylic acids is 1. The third-order valence-electron chi connectivity index (χ3n) is 6.77. The number of H-pyrrole nitrogens is 1. The van der Waals surface area contributed by atoms with Gasteiger partial charge in [0.2, 0.25) is 0 Å². The van der Waals surface area contributed by atoms with Crippen molar-refractivity contribution in [1.29, 1.82) is 0 Å². The number of hydrogen-bond donors (Lipinski definition) is 2. The fourth-order valence-electron chi connectivity index (χ4n) is 5.29. The molecule has 2 aliphatic heterocycles. The van der Waals surface area contributed by atoms with Crippen molar-refractivity contribution in [1.82, 2.24) is 10.3 Å². The van der Waals surface area contributed by atoms with E-state index in [4.69, 9.17) is 27.9 Å². The molecule has 7 heteroatoms. The topological polar surface area (TPSA) is 57.4 Å². The third kappa shape index (κ3) is 4.68. The molecule has 0 aliphatic carbocycles. The van der Waals surface area contributed by atoms with Crippen LogP contribution in [-0.2, 0) is 9.53 Å². The summed E-state index contributed by atoms with van der Waals surface area (Å²) in [6, 6.07) is 17.3. The maximum Gasteiger partial charge on any atom is 0.286 e. The van der Waals surface area contributed by atoms with E-state index in [0.29, 0.717) is 22.1 Å². The van der Waals surface area contributed by atoms with Crippen molar-refractivity contribution >= 4 is 51.8 Å². The van der Waals surface area contributed by atoms with Crippen LogP contribution in [0.3, 0.4) is 0 Å². The van der Waals surface area contributed by atoms with Crippen LogP contribution in [0.25, 0.3) is 17.0 Å². The van der Waals surface area contributed by atoms with Crippen LogP contribution < -0.4 is 10.2 Å². The number of piperidine rings is 1. The second kappa shape index (κ2) is 9.77. The lowest BCUT2D eigenvalue weighted by Crippen LogP contribution is -2.50. The number of anilines is 1. The monoisotopic (exact) mass is 495 g/mol. The Morgan fingerprint density at radius 2 is 1.79 bits per heavy atom. The quantitative estimate of drug-likeness (QED) is 0.238. The minimum Gasteiger partial charge on any atom is -0.491 e. The highest BCUT2D eigenvalue weighted by atomic mass is 35.5. The van der Waals surface area contributed by atoms with Crippen molar-refractivity contribution in [3.63, 3.8) is 0 Å². The van der Waals surface area contributed by atoms with Crippen molar-refractivity contribution in [2.75, 3.05) is 12.0 Å². The lowest BCUT2D eigenvalue weighted by molar-refractivity contribution is -0.121. The lowest BCUT2D eigenvalue weighted by atomic mass is 9.96. The van der Waals surface area contributed by atoms with E-state index < -0.39 is 0 Å². The molecule has 5 rings (SSSR count). The zero-order chi connectivity index (χ0) is 23.7. The van der Waals surface area contributed by atoms with Crippen LogP contribution in [0.1, 0.15) is 31.4 Å². The molecule has 1 aromatic heterocycles. The van der Waals surface area contributed by atoms with Gasteiger partial charge in [-0.15, -0.1) is 0 Å². The maximum atomic E-state index is 12.9. The van der Waals surface area contributed by atoms with Gasteiger partial charge in [-0.25, -0.2) is 0 Å². The summed E-state index contributed by atoms with van der Waals surface area (Å²) >= 11 is 12.2. The maximum absolute atomic E-state index is 12.9. The standard InChI is InChI=1S/C27H27Cl2N3O2/c1-34-26(9-5-6-18-12-17-13-23(28)24(29)16-25(17)30-18)27(33)31-19-14-21-10-11-22(15-19)32(21)20-7-3-2-4-8-20/h2-9,12-13,16,19,21-22,30H,10-11,14-15H2,1H3,(H,31,33). The molecule has 34 heavy (non-hydrogen) atoms.